The van der Waals surface area contributed by atoms with Crippen LogP contribution in [0.15, 0.2) is 84.9 Å². The number of carbonyl (C=O) groups is 2. The second kappa shape index (κ2) is 8.84. The monoisotopic (exact) mass is 578 g/mol. The minimum absolute atomic E-state index is 0.148. The highest BCUT2D eigenvalue weighted by atomic mass is 35.5. The largest absolute Gasteiger partial charge is 0.493 e. The zero-order valence-corrected chi connectivity index (χ0v) is 23.8. The first-order chi connectivity index (χ1) is 20.4. The van der Waals surface area contributed by atoms with Crippen LogP contribution >= 0.6 is 11.6 Å². The second-order valence-corrected chi connectivity index (χ2v) is 11.7. The van der Waals surface area contributed by atoms with Crippen molar-refractivity contribution >= 4 is 29.0 Å². The molecule has 4 aromatic rings. The number of amides is 1. The van der Waals surface area contributed by atoms with Crippen molar-refractivity contribution in [3.05, 3.63) is 118 Å². The number of ether oxygens (including phenoxy) is 3. The predicted molar refractivity (Wildman–Crippen MR) is 158 cm³/mol. The summed E-state index contributed by atoms with van der Waals surface area (Å²) in [5, 5.41) is 3.73. The maximum atomic E-state index is 15.0. The Bertz CT molecular complexity index is 1810. The van der Waals surface area contributed by atoms with Crippen LogP contribution in [-0.2, 0) is 16.8 Å². The van der Waals surface area contributed by atoms with Crippen molar-refractivity contribution in [1.29, 1.82) is 0 Å². The molecule has 0 bridgehead atoms. The Hall–Kier alpha value is -4.33. The van der Waals surface area contributed by atoms with E-state index in [9.17, 15) is 4.79 Å². The van der Waals surface area contributed by atoms with E-state index in [4.69, 9.17) is 25.8 Å². The average molecular weight is 579 g/mol. The third kappa shape index (κ3) is 2.99. The first-order valence-corrected chi connectivity index (χ1v) is 14.3. The van der Waals surface area contributed by atoms with Gasteiger partial charge in [-0.2, -0.15) is 0 Å². The summed E-state index contributed by atoms with van der Waals surface area (Å²) in [6.45, 7) is 0.522. The zero-order valence-electron chi connectivity index (χ0n) is 23.0. The average Bonchev–Trinajstić information content (AvgIpc) is 3.58. The van der Waals surface area contributed by atoms with E-state index in [2.05, 4.69) is 10.2 Å². The number of para-hydroxylation sites is 2. The molecule has 1 fully saturated rings. The van der Waals surface area contributed by atoms with Gasteiger partial charge in [-0.15, -0.1) is 0 Å². The Labute approximate surface area is 248 Å². The molecule has 1 saturated heterocycles. The van der Waals surface area contributed by atoms with Crippen LogP contribution in [0.3, 0.4) is 0 Å². The molecular weight excluding hydrogens is 552 g/mol. The maximum absolute atomic E-state index is 15.0. The summed E-state index contributed by atoms with van der Waals surface area (Å²) in [4.78, 5) is 31.8. The van der Waals surface area contributed by atoms with Crippen molar-refractivity contribution in [3.8, 4) is 17.2 Å². The van der Waals surface area contributed by atoms with Crippen LogP contribution in [0.4, 0.5) is 5.69 Å². The minimum atomic E-state index is -1.47. The van der Waals surface area contributed by atoms with E-state index in [1.807, 2.05) is 84.9 Å². The van der Waals surface area contributed by atoms with E-state index in [0.29, 0.717) is 40.8 Å². The number of nitrogens with zero attached hydrogens (tertiary/aromatic N) is 1. The van der Waals surface area contributed by atoms with Crippen LogP contribution in [0.2, 0.25) is 5.02 Å². The standard InChI is InChI=1S/C34H27ClN2O5/c1-40-27-17-20-15-16-37-30(23(20)18-28(27)41-2)34(31(38)22-7-3-6-10-26(22)42-34)29(19-11-13-21(35)14-12-19)33(37)24-8-4-5-9-25(24)36-32(33)39/h3-14,17-18,29-30H,15-16H2,1-2H3,(H,36,39). The smallest absolute Gasteiger partial charge is 0.250 e. The molecule has 2 spiro atoms. The van der Waals surface area contributed by atoms with Gasteiger partial charge in [0.15, 0.2) is 11.5 Å². The molecule has 42 heavy (non-hydrogen) atoms. The molecule has 0 aromatic heterocycles. The fourth-order valence-corrected chi connectivity index (χ4v) is 8.08. The summed E-state index contributed by atoms with van der Waals surface area (Å²) in [6.07, 6.45) is 0.647. The zero-order chi connectivity index (χ0) is 28.8. The summed E-state index contributed by atoms with van der Waals surface area (Å²) in [5.74, 6) is 0.641. The highest BCUT2D eigenvalue weighted by molar-refractivity contribution is 6.30. The van der Waals surface area contributed by atoms with Gasteiger partial charge in [-0.25, -0.2) is 0 Å². The predicted octanol–water partition coefficient (Wildman–Crippen LogP) is 5.92. The molecule has 0 aliphatic carbocycles. The molecular formula is C34H27ClN2O5. The third-order valence-electron chi connectivity index (χ3n) is 9.48. The molecule has 7 nitrogen and oxygen atoms in total. The first-order valence-electron chi connectivity index (χ1n) is 14.0. The molecule has 4 aromatic carbocycles. The van der Waals surface area contributed by atoms with E-state index < -0.39 is 23.1 Å². The van der Waals surface area contributed by atoms with Crippen molar-refractivity contribution in [2.45, 2.75) is 29.5 Å². The number of rotatable bonds is 3. The van der Waals surface area contributed by atoms with E-state index in [-0.39, 0.29) is 11.7 Å². The number of carbonyl (C=O) groups excluding carboxylic acids is 2. The van der Waals surface area contributed by atoms with Crippen molar-refractivity contribution in [3.63, 3.8) is 0 Å². The lowest BCUT2D eigenvalue weighted by Crippen LogP contribution is -2.52. The topological polar surface area (TPSA) is 77.1 Å². The molecule has 0 radical (unpaired) electrons. The second-order valence-electron chi connectivity index (χ2n) is 11.2. The molecule has 4 aliphatic heterocycles. The van der Waals surface area contributed by atoms with Gasteiger partial charge in [0, 0.05) is 22.8 Å². The number of hydrogen-bond acceptors (Lipinski definition) is 6. The van der Waals surface area contributed by atoms with Crippen LogP contribution in [0.1, 0.15) is 44.6 Å². The molecule has 4 atom stereocenters. The van der Waals surface area contributed by atoms with Gasteiger partial charge in [0.1, 0.15) is 11.3 Å². The molecule has 8 heteroatoms. The number of fused-ring (bicyclic) bond motifs is 8. The molecule has 0 saturated carbocycles. The van der Waals surface area contributed by atoms with E-state index in [1.165, 1.54) is 0 Å². The van der Waals surface area contributed by atoms with Crippen molar-refractivity contribution < 1.29 is 23.8 Å². The molecule has 1 N–H and O–H groups in total. The van der Waals surface area contributed by atoms with E-state index in [1.54, 1.807) is 14.2 Å². The van der Waals surface area contributed by atoms with Gasteiger partial charge in [-0.3, -0.25) is 14.5 Å². The Morgan fingerprint density at radius 1 is 0.929 bits per heavy atom. The van der Waals surface area contributed by atoms with Gasteiger partial charge in [-0.05, 0) is 65.6 Å². The Morgan fingerprint density at radius 3 is 2.40 bits per heavy atom. The Morgan fingerprint density at radius 2 is 1.64 bits per heavy atom. The number of benzene rings is 4. The quantitative estimate of drug-likeness (QED) is 0.325. The number of Topliss-reactive ketones (excluding diaryl/α,β-unsaturated/α-hetero) is 1. The number of halogens is 1. The van der Waals surface area contributed by atoms with Crippen molar-refractivity contribution in [1.82, 2.24) is 4.90 Å². The summed E-state index contributed by atoms with van der Waals surface area (Å²) >= 11 is 6.37. The molecule has 4 unspecified atom stereocenters. The maximum Gasteiger partial charge on any atom is 0.250 e. The molecule has 210 valence electrons. The van der Waals surface area contributed by atoms with Crippen LogP contribution in [-0.4, -0.2) is 43.0 Å². The van der Waals surface area contributed by atoms with Gasteiger partial charge >= 0.3 is 0 Å². The molecule has 8 rings (SSSR count). The lowest BCUT2D eigenvalue weighted by molar-refractivity contribution is -0.128. The van der Waals surface area contributed by atoms with Crippen LogP contribution in [0.25, 0.3) is 0 Å². The Balaban J connectivity index is 1.50. The van der Waals surface area contributed by atoms with Crippen LogP contribution < -0.4 is 19.5 Å². The third-order valence-corrected chi connectivity index (χ3v) is 9.73. The van der Waals surface area contributed by atoms with Gasteiger partial charge in [0.2, 0.25) is 17.3 Å². The molecule has 1 amide bonds. The molecule has 4 aliphatic rings. The SMILES string of the molecule is COc1cc2c(cc1OC)C1N(CC2)C2(C(=O)Nc3ccccc32)C(c2ccc(Cl)cc2)C12Oc1ccccc1C2=O. The number of nitrogens with one attached hydrogen (secondary N) is 1. The summed E-state index contributed by atoms with van der Waals surface area (Å²) in [6, 6.07) is 25.9. The summed E-state index contributed by atoms with van der Waals surface area (Å²) in [5.41, 5.74) is 2.06. The number of methoxy groups -OCH3 is 2. The van der Waals surface area contributed by atoms with Crippen LogP contribution in [0.5, 0.6) is 17.2 Å². The molecule has 4 heterocycles. The number of ketones is 1. The number of hydrogen-bond donors (Lipinski definition) is 1. The first kappa shape index (κ1) is 25.4. The normalized spacial score (nSPS) is 26.8. The minimum Gasteiger partial charge on any atom is -0.493 e. The number of anilines is 1. The van der Waals surface area contributed by atoms with Crippen molar-refractivity contribution in [2.75, 3.05) is 26.1 Å². The van der Waals surface area contributed by atoms with Crippen molar-refractivity contribution in [2.24, 2.45) is 0 Å². The van der Waals surface area contributed by atoms with Gasteiger partial charge < -0.3 is 19.5 Å². The lowest BCUT2D eigenvalue weighted by atomic mass is 9.66. The summed E-state index contributed by atoms with van der Waals surface area (Å²) in [7, 11) is 3.21. The lowest BCUT2D eigenvalue weighted by Gasteiger charge is -2.42. The fourth-order valence-electron chi connectivity index (χ4n) is 7.95. The Kier molecular flexibility index (Phi) is 5.34. The van der Waals surface area contributed by atoms with Gasteiger partial charge in [0.25, 0.3) is 0 Å². The van der Waals surface area contributed by atoms with E-state index in [0.717, 1.165) is 27.9 Å². The summed E-state index contributed by atoms with van der Waals surface area (Å²) < 4.78 is 18.4. The van der Waals surface area contributed by atoms with Crippen LogP contribution in [0, 0.1) is 0 Å². The van der Waals surface area contributed by atoms with Gasteiger partial charge in [0.05, 0.1) is 31.7 Å². The van der Waals surface area contributed by atoms with E-state index >= 15 is 4.79 Å². The highest BCUT2D eigenvalue weighted by Gasteiger charge is 2.78. The van der Waals surface area contributed by atoms with Gasteiger partial charge in [-0.1, -0.05) is 54.1 Å². The fraction of sp³-hybridized carbons (Fsp3) is 0.235. The highest BCUT2D eigenvalue weighted by Crippen LogP contribution is 2.69.